The Kier molecular flexibility index (Phi) is 6.02. The van der Waals surface area contributed by atoms with E-state index in [1.165, 1.54) is 25.9 Å². The highest BCUT2D eigenvalue weighted by Crippen LogP contribution is 2.19. The predicted octanol–water partition coefficient (Wildman–Crippen LogP) is 2.70. The second kappa shape index (κ2) is 8.00. The maximum atomic E-state index is 11.7. The number of carboxylic acids is 1. The van der Waals surface area contributed by atoms with Gasteiger partial charge in [0.1, 0.15) is 0 Å². The Labute approximate surface area is 128 Å². The summed E-state index contributed by atoms with van der Waals surface area (Å²) in [6.45, 7) is 3.53. The monoisotopic (exact) mass is 305 g/mol. The number of carboxylic acid groups (broad SMARTS) is 1. The quantitative estimate of drug-likeness (QED) is 0.477. The average Bonchev–Trinajstić information content (AvgIpc) is 2.99. The van der Waals surface area contributed by atoms with Gasteiger partial charge in [-0.1, -0.05) is 0 Å². The number of allylic oxidation sites excluding steroid dienone is 1. The second-order valence-corrected chi connectivity index (χ2v) is 6.13. The SMILES string of the molecule is O=C(O)/C=C/C(=O)c1ccc(SCCN2CCCC2)cc1. The lowest BCUT2D eigenvalue weighted by Crippen LogP contribution is -2.21. The van der Waals surface area contributed by atoms with Gasteiger partial charge in [-0.15, -0.1) is 11.8 Å². The van der Waals surface area contributed by atoms with Crippen molar-refractivity contribution in [1.82, 2.24) is 4.90 Å². The van der Waals surface area contributed by atoms with Crippen LogP contribution in [-0.4, -0.2) is 47.1 Å². The molecule has 1 fully saturated rings. The van der Waals surface area contributed by atoms with Crippen molar-refractivity contribution in [2.75, 3.05) is 25.4 Å². The van der Waals surface area contributed by atoms with Crippen molar-refractivity contribution in [1.29, 1.82) is 0 Å². The van der Waals surface area contributed by atoms with Crippen LogP contribution in [0.25, 0.3) is 0 Å². The summed E-state index contributed by atoms with van der Waals surface area (Å²) in [5, 5.41) is 8.49. The van der Waals surface area contributed by atoms with E-state index < -0.39 is 5.97 Å². The fraction of sp³-hybridized carbons (Fsp3) is 0.375. The number of thioether (sulfide) groups is 1. The number of nitrogens with zero attached hydrogens (tertiary/aromatic N) is 1. The molecule has 1 aliphatic rings. The van der Waals surface area contributed by atoms with Gasteiger partial charge in [0.05, 0.1) is 0 Å². The molecular weight excluding hydrogens is 286 g/mol. The highest BCUT2D eigenvalue weighted by atomic mass is 32.2. The Morgan fingerprint density at radius 2 is 1.81 bits per heavy atom. The molecule has 1 N–H and O–H groups in total. The Balaban J connectivity index is 1.80. The van der Waals surface area contributed by atoms with Crippen LogP contribution in [0.5, 0.6) is 0 Å². The number of ketones is 1. The Hall–Kier alpha value is -1.59. The summed E-state index contributed by atoms with van der Waals surface area (Å²) in [6, 6.07) is 7.31. The fourth-order valence-electron chi connectivity index (χ4n) is 2.26. The number of hydrogen-bond donors (Lipinski definition) is 1. The van der Waals surface area contributed by atoms with Crippen LogP contribution in [-0.2, 0) is 4.79 Å². The molecule has 0 bridgehead atoms. The smallest absolute Gasteiger partial charge is 0.328 e. The van der Waals surface area contributed by atoms with Crippen LogP contribution in [0.15, 0.2) is 41.3 Å². The molecule has 1 saturated heterocycles. The lowest BCUT2D eigenvalue weighted by atomic mass is 10.1. The van der Waals surface area contributed by atoms with Crippen molar-refractivity contribution >= 4 is 23.5 Å². The number of benzene rings is 1. The molecule has 2 rings (SSSR count). The molecule has 0 radical (unpaired) electrons. The fourth-order valence-corrected chi connectivity index (χ4v) is 3.17. The van der Waals surface area contributed by atoms with Crippen molar-refractivity contribution in [2.24, 2.45) is 0 Å². The molecule has 112 valence electrons. The summed E-state index contributed by atoms with van der Waals surface area (Å²) in [7, 11) is 0. The zero-order chi connectivity index (χ0) is 15.1. The van der Waals surface area contributed by atoms with Crippen molar-refractivity contribution in [3.63, 3.8) is 0 Å². The van der Waals surface area contributed by atoms with Crippen molar-refractivity contribution < 1.29 is 14.7 Å². The van der Waals surface area contributed by atoms with Crippen LogP contribution >= 0.6 is 11.8 Å². The number of likely N-dealkylation sites (tertiary alicyclic amines) is 1. The van der Waals surface area contributed by atoms with Gasteiger partial charge in [-0.3, -0.25) is 4.79 Å². The summed E-state index contributed by atoms with van der Waals surface area (Å²) in [5.74, 6) is -0.352. The van der Waals surface area contributed by atoms with E-state index >= 15 is 0 Å². The van der Waals surface area contributed by atoms with Gasteiger partial charge in [-0.25, -0.2) is 4.79 Å². The number of carbonyl (C=O) groups is 2. The average molecular weight is 305 g/mol. The Morgan fingerprint density at radius 3 is 2.43 bits per heavy atom. The highest BCUT2D eigenvalue weighted by molar-refractivity contribution is 7.99. The molecule has 1 heterocycles. The molecule has 1 aliphatic heterocycles. The lowest BCUT2D eigenvalue weighted by molar-refractivity contribution is -0.131. The molecule has 0 spiro atoms. The van der Waals surface area contributed by atoms with Gasteiger partial charge in [0, 0.05) is 28.8 Å². The first-order valence-electron chi connectivity index (χ1n) is 7.06. The second-order valence-electron chi connectivity index (χ2n) is 4.96. The van der Waals surface area contributed by atoms with Crippen molar-refractivity contribution in [2.45, 2.75) is 17.7 Å². The molecule has 21 heavy (non-hydrogen) atoms. The van der Waals surface area contributed by atoms with Crippen molar-refractivity contribution in [3.05, 3.63) is 42.0 Å². The first-order valence-corrected chi connectivity index (χ1v) is 8.04. The summed E-state index contributed by atoms with van der Waals surface area (Å²) >= 11 is 1.78. The number of rotatable bonds is 7. The van der Waals surface area contributed by atoms with Gasteiger partial charge in [0.2, 0.25) is 0 Å². The third-order valence-corrected chi connectivity index (χ3v) is 4.38. The minimum atomic E-state index is -1.11. The zero-order valence-corrected chi connectivity index (χ0v) is 12.6. The van der Waals surface area contributed by atoms with Gasteiger partial charge in [-0.05, 0) is 56.3 Å². The topological polar surface area (TPSA) is 57.6 Å². The van der Waals surface area contributed by atoms with E-state index in [2.05, 4.69) is 4.90 Å². The lowest BCUT2D eigenvalue weighted by Gasteiger charge is -2.13. The number of hydrogen-bond acceptors (Lipinski definition) is 4. The van der Waals surface area contributed by atoms with E-state index in [-0.39, 0.29) is 5.78 Å². The molecule has 0 aliphatic carbocycles. The summed E-state index contributed by atoms with van der Waals surface area (Å²) in [6.07, 6.45) is 4.57. The van der Waals surface area contributed by atoms with E-state index in [4.69, 9.17) is 5.11 Å². The van der Waals surface area contributed by atoms with E-state index in [0.717, 1.165) is 29.3 Å². The van der Waals surface area contributed by atoms with Crippen LogP contribution in [0.3, 0.4) is 0 Å². The molecule has 0 unspecified atom stereocenters. The number of aliphatic carboxylic acids is 1. The molecule has 5 heteroatoms. The van der Waals surface area contributed by atoms with E-state index in [1.807, 2.05) is 12.1 Å². The van der Waals surface area contributed by atoms with Crippen LogP contribution in [0.2, 0.25) is 0 Å². The van der Waals surface area contributed by atoms with Crippen LogP contribution < -0.4 is 0 Å². The maximum absolute atomic E-state index is 11.7. The molecule has 0 aromatic heterocycles. The number of carbonyl (C=O) groups excluding carboxylic acids is 1. The molecule has 4 nitrogen and oxygen atoms in total. The first-order chi connectivity index (χ1) is 10.1. The van der Waals surface area contributed by atoms with Crippen LogP contribution in [0.4, 0.5) is 0 Å². The summed E-state index contributed by atoms with van der Waals surface area (Å²) in [4.78, 5) is 25.7. The summed E-state index contributed by atoms with van der Waals surface area (Å²) < 4.78 is 0. The van der Waals surface area contributed by atoms with E-state index in [9.17, 15) is 9.59 Å². The molecule has 0 saturated carbocycles. The zero-order valence-electron chi connectivity index (χ0n) is 11.8. The third-order valence-electron chi connectivity index (χ3n) is 3.39. The first kappa shape index (κ1) is 15.8. The predicted molar refractivity (Wildman–Crippen MR) is 83.9 cm³/mol. The van der Waals surface area contributed by atoms with Crippen molar-refractivity contribution in [3.8, 4) is 0 Å². The Morgan fingerprint density at radius 1 is 1.14 bits per heavy atom. The minimum absolute atomic E-state index is 0.286. The standard InChI is InChI=1S/C16H19NO3S/c18-15(7-8-16(19)20)13-3-5-14(6-4-13)21-12-11-17-9-1-2-10-17/h3-8H,1-2,9-12H2,(H,19,20)/b8-7+. The van der Waals surface area contributed by atoms with Crippen LogP contribution in [0, 0.1) is 0 Å². The molecule has 1 aromatic rings. The van der Waals surface area contributed by atoms with Gasteiger partial charge >= 0.3 is 5.97 Å². The molecule has 0 amide bonds. The van der Waals surface area contributed by atoms with Gasteiger partial charge in [0.25, 0.3) is 0 Å². The van der Waals surface area contributed by atoms with Crippen LogP contribution in [0.1, 0.15) is 23.2 Å². The molecular formula is C16H19NO3S. The minimum Gasteiger partial charge on any atom is -0.478 e. The third kappa shape index (κ3) is 5.36. The van der Waals surface area contributed by atoms with Gasteiger partial charge < -0.3 is 10.0 Å². The van der Waals surface area contributed by atoms with E-state index in [1.54, 1.807) is 23.9 Å². The normalized spacial score (nSPS) is 15.6. The largest absolute Gasteiger partial charge is 0.478 e. The molecule has 0 atom stereocenters. The van der Waals surface area contributed by atoms with Gasteiger partial charge in [0.15, 0.2) is 5.78 Å². The maximum Gasteiger partial charge on any atom is 0.328 e. The Bertz CT molecular complexity index is 519. The van der Waals surface area contributed by atoms with E-state index in [0.29, 0.717) is 5.56 Å². The molecule has 1 aromatic carbocycles. The summed E-state index contributed by atoms with van der Waals surface area (Å²) in [5.41, 5.74) is 0.511. The highest BCUT2D eigenvalue weighted by Gasteiger charge is 2.10. The van der Waals surface area contributed by atoms with Gasteiger partial charge in [-0.2, -0.15) is 0 Å².